The van der Waals surface area contributed by atoms with Gasteiger partial charge in [-0.1, -0.05) is 0 Å². The highest BCUT2D eigenvalue weighted by molar-refractivity contribution is 5.79. The van der Waals surface area contributed by atoms with E-state index < -0.39 is 0 Å². The number of carbonyl (C=O) groups is 1. The molecular weight excluding hydrogens is 148 g/mol. The Kier molecular flexibility index (Phi) is 2.45. The first-order chi connectivity index (χ1) is 5.33. The van der Waals surface area contributed by atoms with Crippen molar-refractivity contribution in [3.63, 3.8) is 0 Å². The Morgan fingerprint density at radius 1 is 1.82 bits per heavy atom. The van der Waals surface area contributed by atoms with E-state index in [2.05, 4.69) is 10.3 Å². The smallest absolute Gasteiger partial charge is 0.294 e. The zero-order valence-corrected chi connectivity index (χ0v) is 5.70. The molecule has 0 atom stereocenters. The topological polar surface area (TPSA) is 93.2 Å². The molecule has 1 amide bonds. The average molecular weight is 156 g/mol. The lowest BCUT2D eigenvalue weighted by Crippen LogP contribution is -2.35. The van der Waals surface area contributed by atoms with Gasteiger partial charge >= 0.3 is 0 Å². The van der Waals surface area contributed by atoms with E-state index in [-0.39, 0.29) is 12.5 Å². The maximum absolute atomic E-state index is 10.5. The summed E-state index contributed by atoms with van der Waals surface area (Å²) < 4.78 is 4.79. The van der Waals surface area contributed by atoms with Crippen molar-refractivity contribution in [2.24, 2.45) is 5.84 Å². The second-order valence-electron chi connectivity index (χ2n) is 1.76. The molecule has 0 unspecified atom stereocenters. The van der Waals surface area contributed by atoms with Gasteiger partial charge in [-0.15, -0.1) is 0 Å². The fourth-order valence-electron chi connectivity index (χ4n) is 0.518. The third-order valence-electron chi connectivity index (χ3n) is 0.993. The number of anilines is 1. The molecule has 0 saturated heterocycles. The summed E-state index contributed by atoms with van der Waals surface area (Å²) in [5.74, 6) is 4.49. The van der Waals surface area contributed by atoms with Crippen LogP contribution in [0, 0.1) is 0 Å². The van der Waals surface area contributed by atoms with Crippen molar-refractivity contribution in [3.05, 3.63) is 12.5 Å². The van der Waals surface area contributed by atoms with Crippen LogP contribution in [0.5, 0.6) is 0 Å². The van der Waals surface area contributed by atoms with Gasteiger partial charge in [0.15, 0.2) is 0 Å². The summed E-state index contributed by atoms with van der Waals surface area (Å²) in [4.78, 5) is 14.3. The van der Waals surface area contributed by atoms with Gasteiger partial charge in [-0.25, -0.2) is 10.8 Å². The lowest BCUT2D eigenvalue weighted by Gasteiger charge is -1.98. The van der Waals surface area contributed by atoms with Crippen molar-refractivity contribution >= 4 is 11.9 Å². The SMILES string of the molecule is NNC(=O)CNc1ncco1. The Labute approximate surface area is 62.7 Å². The minimum absolute atomic E-state index is 0.0526. The van der Waals surface area contributed by atoms with Gasteiger partial charge in [0.25, 0.3) is 11.9 Å². The third kappa shape index (κ3) is 2.26. The Morgan fingerprint density at radius 3 is 3.18 bits per heavy atom. The molecule has 0 spiro atoms. The molecule has 0 radical (unpaired) electrons. The van der Waals surface area contributed by atoms with E-state index in [0.29, 0.717) is 6.01 Å². The normalized spacial score (nSPS) is 9.18. The zero-order valence-electron chi connectivity index (χ0n) is 5.70. The lowest BCUT2D eigenvalue weighted by molar-refractivity contribution is -0.119. The van der Waals surface area contributed by atoms with Crippen LogP contribution in [0.15, 0.2) is 16.9 Å². The highest BCUT2D eigenvalue weighted by atomic mass is 16.4. The van der Waals surface area contributed by atoms with Gasteiger partial charge < -0.3 is 9.73 Å². The summed E-state index contributed by atoms with van der Waals surface area (Å²) in [6, 6.07) is 0.300. The van der Waals surface area contributed by atoms with E-state index in [4.69, 9.17) is 10.3 Å². The summed E-state index contributed by atoms with van der Waals surface area (Å²) in [7, 11) is 0. The highest BCUT2D eigenvalue weighted by Crippen LogP contribution is 1.98. The average Bonchev–Trinajstić information content (AvgIpc) is 2.52. The van der Waals surface area contributed by atoms with Crippen LogP contribution >= 0.6 is 0 Å². The molecule has 0 fully saturated rings. The van der Waals surface area contributed by atoms with E-state index >= 15 is 0 Å². The molecule has 60 valence electrons. The molecular formula is C5H8N4O2. The Bertz CT molecular complexity index is 220. The molecule has 4 N–H and O–H groups in total. The number of hydrogen-bond acceptors (Lipinski definition) is 5. The fraction of sp³-hybridized carbons (Fsp3) is 0.200. The number of rotatable bonds is 3. The lowest BCUT2D eigenvalue weighted by atomic mass is 10.6. The predicted molar refractivity (Wildman–Crippen MR) is 37.3 cm³/mol. The number of hydrogen-bond donors (Lipinski definition) is 3. The number of oxazole rings is 1. The van der Waals surface area contributed by atoms with E-state index in [1.807, 2.05) is 5.43 Å². The van der Waals surface area contributed by atoms with Crippen molar-refractivity contribution in [2.75, 3.05) is 11.9 Å². The monoisotopic (exact) mass is 156 g/mol. The molecule has 0 aliphatic carbocycles. The van der Waals surface area contributed by atoms with Gasteiger partial charge in [-0.2, -0.15) is 0 Å². The number of carbonyl (C=O) groups excluding carboxylic acids is 1. The predicted octanol–water partition coefficient (Wildman–Crippen LogP) is -0.924. The molecule has 0 aliphatic rings. The van der Waals surface area contributed by atoms with Gasteiger partial charge in [0.05, 0.1) is 12.7 Å². The quantitative estimate of drug-likeness (QED) is 0.299. The Morgan fingerprint density at radius 2 is 2.64 bits per heavy atom. The van der Waals surface area contributed by atoms with E-state index in [1.54, 1.807) is 0 Å². The minimum Gasteiger partial charge on any atom is -0.432 e. The largest absolute Gasteiger partial charge is 0.432 e. The molecule has 6 heteroatoms. The van der Waals surface area contributed by atoms with Crippen molar-refractivity contribution in [1.82, 2.24) is 10.4 Å². The van der Waals surface area contributed by atoms with Crippen LogP contribution in [0.2, 0.25) is 0 Å². The van der Waals surface area contributed by atoms with Gasteiger partial charge in [0.1, 0.15) is 6.26 Å². The third-order valence-corrected chi connectivity index (χ3v) is 0.993. The van der Waals surface area contributed by atoms with Crippen LogP contribution in [0.1, 0.15) is 0 Å². The van der Waals surface area contributed by atoms with Crippen LogP contribution in [0.4, 0.5) is 6.01 Å². The Balaban J connectivity index is 2.29. The molecule has 0 aliphatic heterocycles. The molecule has 1 heterocycles. The van der Waals surface area contributed by atoms with Crippen LogP contribution in [-0.4, -0.2) is 17.4 Å². The van der Waals surface area contributed by atoms with Crippen molar-refractivity contribution in [2.45, 2.75) is 0 Å². The van der Waals surface area contributed by atoms with Crippen LogP contribution in [0.25, 0.3) is 0 Å². The Hall–Kier alpha value is -1.56. The van der Waals surface area contributed by atoms with Crippen LogP contribution in [0.3, 0.4) is 0 Å². The first kappa shape index (κ1) is 7.55. The van der Waals surface area contributed by atoms with E-state index in [1.165, 1.54) is 12.5 Å². The first-order valence-corrected chi connectivity index (χ1v) is 2.95. The maximum Gasteiger partial charge on any atom is 0.294 e. The van der Waals surface area contributed by atoms with Gasteiger partial charge in [0, 0.05) is 0 Å². The zero-order chi connectivity index (χ0) is 8.10. The van der Waals surface area contributed by atoms with E-state index in [9.17, 15) is 4.79 Å². The second kappa shape index (κ2) is 3.57. The summed E-state index contributed by atoms with van der Waals surface area (Å²) in [6.07, 6.45) is 2.88. The maximum atomic E-state index is 10.5. The summed E-state index contributed by atoms with van der Waals surface area (Å²) >= 11 is 0. The van der Waals surface area contributed by atoms with E-state index in [0.717, 1.165) is 0 Å². The number of aromatic nitrogens is 1. The fourth-order valence-corrected chi connectivity index (χ4v) is 0.518. The number of nitrogens with two attached hydrogens (primary N) is 1. The van der Waals surface area contributed by atoms with Crippen LogP contribution < -0.4 is 16.6 Å². The van der Waals surface area contributed by atoms with Crippen molar-refractivity contribution < 1.29 is 9.21 Å². The van der Waals surface area contributed by atoms with Crippen LogP contribution in [-0.2, 0) is 4.79 Å². The molecule has 0 aromatic carbocycles. The van der Waals surface area contributed by atoms with Gasteiger partial charge in [-0.3, -0.25) is 10.2 Å². The molecule has 0 saturated carbocycles. The van der Waals surface area contributed by atoms with Crippen molar-refractivity contribution in [3.8, 4) is 0 Å². The number of nitrogens with one attached hydrogen (secondary N) is 2. The van der Waals surface area contributed by atoms with Crippen molar-refractivity contribution in [1.29, 1.82) is 0 Å². The number of nitrogens with zero attached hydrogens (tertiary/aromatic N) is 1. The van der Waals surface area contributed by atoms with Gasteiger partial charge in [0.2, 0.25) is 0 Å². The standard InChI is InChI=1S/C5H8N4O2/c6-9-4(10)3-8-5-7-1-2-11-5/h1-2H,3,6H2,(H,7,8)(H,9,10). The molecule has 11 heavy (non-hydrogen) atoms. The summed E-state index contributed by atoms with van der Waals surface area (Å²) in [5, 5.41) is 2.61. The number of hydrazine groups is 1. The molecule has 0 bridgehead atoms. The number of amides is 1. The second-order valence-corrected chi connectivity index (χ2v) is 1.76. The minimum atomic E-state index is -0.330. The molecule has 1 aromatic heterocycles. The van der Waals surface area contributed by atoms with Gasteiger partial charge in [-0.05, 0) is 0 Å². The molecule has 1 aromatic rings. The summed E-state index contributed by atoms with van der Waals surface area (Å²) in [6.45, 7) is 0.0526. The first-order valence-electron chi connectivity index (χ1n) is 2.95. The highest BCUT2D eigenvalue weighted by Gasteiger charge is 1.99. The molecule has 6 nitrogen and oxygen atoms in total. The summed E-state index contributed by atoms with van der Waals surface area (Å²) in [5.41, 5.74) is 1.96. The molecule has 1 rings (SSSR count).